The van der Waals surface area contributed by atoms with Crippen molar-refractivity contribution in [2.45, 2.75) is 25.0 Å². The fourth-order valence-corrected chi connectivity index (χ4v) is 2.58. The lowest BCUT2D eigenvalue weighted by Gasteiger charge is -2.25. The van der Waals surface area contributed by atoms with Crippen LogP contribution in [-0.4, -0.2) is 48.9 Å². The summed E-state index contributed by atoms with van der Waals surface area (Å²) in [6, 6.07) is 9.63. The van der Waals surface area contributed by atoms with E-state index in [1.54, 1.807) is 12.0 Å². The fourth-order valence-electron chi connectivity index (χ4n) is 2.58. The predicted molar refractivity (Wildman–Crippen MR) is 76.4 cm³/mol. The van der Waals surface area contributed by atoms with E-state index in [1.165, 1.54) is 0 Å². The lowest BCUT2D eigenvalue weighted by molar-refractivity contribution is 0.0993. The number of aliphatic hydroxyl groups is 1. The first kappa shape index (κ1) is 14.8. The van der Waals surface area contributed by atoms with E-state index in [2.05, 4.69) is 5.32 Å². The molecule has 1 fully saturated rings. The first-order valence-electron chi connectivity index (χ1n) is 6.99. The van der Waals surface area contributed by atoms with Crippen LogP contribution in [0, 0.1) is 0 Å². The van der Waals surface area contributed by atoms with E-state index in [1.807, 2.05) is 30.3 Å². The monoisotopic (exact) mass is 278 g/mol. The maximum Gasteiger partial charge on any atom is 0.317 e. The van der Waals surface area contributed by atoms with E-state index >= 15 is 0 Å². The molecule has 0 spiro atoms. The summed E-state index contributed by atoms with van der Waals surface area (Å²) in [5.41, 5.74) is 1.04. The highest BCUT2D eigenvalue weighted by Gasteiger charge is 2.28. The van der Waals surface area contributed by atoms with Gasteiger partial charge in [-0.05, 0) is 18.4 Å². The highest BCUT2D eigenvalue weighted by Crippen LogP contribution is 2.18. The molecular weight excluding hydrogens is 256 g/mol. The van der Waals surface area contributed by atoms with Crippen molar-refractivity contribution in [1.29, 1.82) is 0 Å². The molecule has 0 aromatic heterocycles. The van der Waals surface area contributed by atoms with Gasteiger partial charge in [0.1, 0.15) is 0 Å². The third-order valence-corrected chi connectivity index (χ3v) is 3.74. The van der Waals surface area contributed by atoms with Gasteiger partial charge in [-0.25, -0.2) is 4.79 Å². The molecule has 1 aromatic rings. The van der Waals surface area contributed by atoms with Crippen molar-refractivity contribution in [1.82, 2.24) is 10.2 Å². The van der Waals surface area contributed by atoms with Crippen molar-refractivity contribution < 1.29 is 14.6 Å². The third-order valence-electron chi connectivity index (χ3n) is 3.74. The lowest BCUT2D eigenvalue weighted by atomic mass is 10.1. The highest BCUT2D eigenvalue weighted by molar-refractivity contribution is 5.74. The summed E-state index contributed by atoms with van der Waals surface area (Å²) in [6.07, 6.45) is 1.66. The zero-order chi connectivity index (χ0) is 14.4. The molecule has 0 radical (unpaired) electrons. The van der Waals surface area contributed by atoms with Crippen LogP contribution in [0.4, 0.5) is 4.79 Å². The number of nitrogens with one attached hydrogen (secondary N) is 1. The number of hydrogen-bond donors (Lipinski definition) is 2. The minimum atomic E-state index is -0.157. The number of rotatable bonds is 5. The first-order chi connectivity index (χ1) is 9.76. The summed E-state index contributed by atoms with van der Waals surface area (Å²) in [7, 11) is 1.64. The zero-order valence-corrected chi connectivity index (χ0v) is 11.8. The largest absolute Gasteiger partial charge is 0.394 e. The van der Waals surface area contributed by atoms with E-state index in [0.29, 0.717) is 13.1 Å². The van der Waals surface area contributed by atoms with Crippen LogP contribution < -0.4 is 5.32 Å². The second-order valence-corrected chi connectivity index (χ2v) is 4.99. The fraction of sp³-hybridized carbons (Fsp3) is 0.533. The zero-order valence-electron chi connectivity index (χ0n) is 11.8. The molecule has 1 saturated heterocycles. The maximum absolute atomic E-state index is 12.1. The molecule has 5 heteroatoms. The van der Waals surface area contributed by atoms with Crippen molar-refractivity contribution in [2.24, 2.45) is 0 Å². The van der Waals surface area contributed by atoms with Gasteiger partial charge in [0.25, 0.3) is 0 Å². The Balaban J connectivity index is 1.88. The van der Waals surface area contributed by atoms with Gasteiger partial charge < -0.3 is 20.1 Å². The molecule has 0 bridgehead atoms. The number of likely N-dealkylation sites (tertiary alicyclic amines) is 1. The number of urea groups is 1. The Morgan fingerprint density at radius 3 is 2.90 bits per heavy atom. The van der Waals surface area contributed by atoms with Gasteiger partial charge in [0.15, 0.2) is 0 Å². The standard InChI is InChI=1S/C15H22N2O3/c1-20-14(12-6-3-2-4-7-12)10-16-15(19)17-9-5-8-13(17)11-18/h2-4,6-7,13-14,18H,5,8-11H2,1H3,(H,16,19). The molecule has 1 aliphatic heterocycles. The molecule has 0 aliphatic carbocycles. The second-order valence-electron chi connectivity index (χ2n) is 4.99. The third kappa shape index (κ3) is 3.49. The van der Waals surface area contributed by atoms with E-state index in [0.717, 1.165) is 18.4 Å². The molecule has 2 amide bonds. The number of methoxy groups -OCH3 is 1. The number of nitrogens with zero attached hydrogens (tertiary/aromatic N) is 1. The van der Waals surface area contributed by atoms with E-state index < -0.39 is 0 Å². The molecule has 20 heavy (non-hydrogen) atoms. The number of carbonyl (C=O) groups is 1. The highest BCUT2D eigenvalue weighted by atomic mass is 16.5. The van der Waals surface area contributed by atoms with Crippen LogP contribution in [-0.2, 0) is 4.74 Å². The molecule has 0 saturated carbocycles. The number of benzene rings is 1. The Morgan fingerprint density at radius 2 is 2.25 bits per heavy atom. The molecule has 2 atom stereocenters. The molecule has 110 valence electrons. The van der Waals surface area contributed by atoms with Crippen LogP contribution in [0.25, 0.3) is 0 Å². The predicted octanol–water partition coefficient (Wildman–Crippen LogP) is 1.54. The molecule has 1 aromatic carbocycles. The number of hydrogen-bond acceptors (Lipinski definition) is 3. The molecule has 1 heterocycles. The lowest BCUT2D eigenvalue weighted by Crippen LogP contribution is -2.45. The Hall–Kier alpha value is -1.59. The Kier molecular flexibility index (Phi) is 5.38. The summed E-state index contributed by atoms with van der Waals surface area (Å²) in [4.78, 5) is 13.8. The number of amides is 2. The average Bonchev–Trinajstić information content (AvgIpc) is 2.97. The van der Waals surface area contributed by atoms with Crippen LogP contribution in [0.15, 0.2) is 30.3 Å². The summed E-state index contributed by atoms with van der Waals surface area (Å²) < 4.78 is 5.42. The molecule has 2 unspecified atom stereocenters. The topological polar surface area (TPSA) is 61.8 Å². The van der Waals surface area contributed by atoms with E-state index in [-0.39, 0.29) is 24.8 Å². The Labute approximate surface area is 119 Å². The number of ether oxygens (including phenoxy) is 1. The van der Waals surface area contributed by atoms with Gasteiger partial charge in [0, 0.05) is 20.2 Å². The first-order valence-corrected chi connectivity index (χ1v) is 6.99. The van der Waals surface area contributed by atoms with Gasteiger partial charge in [0.2, 0.25) is 0 Å². The van der Waals surface area contributed by atoms with Crippen molar-refractivity contribution in [3.63, 3.8) is 0 Å². The van der Waals surface area contributed by atoms with Crippen LogP contribution in [0.2, 0.25) is 0 Å². The summed E-state index contributed by atoms with van der Waals surface area (Å²) >= 11 is 0. The molecule has 2 N–H and O–H groups in total. The molecule has 1 aliphatic rings. The van der Waals surface area contributed by atoms with E-state index in [4.69, 9.17) is 4.74 Å². The van der Waals surface area contributed by atoms with Gasteiger partial charge in [0.05, 0.1) is 18.8 Å². The van der Waals surface area contributed by atoms with Crippen LogP contribution in [0.5, 0.6) is 0 Å². The van der Waals surface area contributed by atoms with Crippen molar-refractivity contribution in [3.05, 3.63) is 35.9 Å². The number of carbonyl (C=O) groups excluding carboxylic acids is 1. The van der Waals surface area contributed by atoms with Crippen LogP contribution in [0.1, 0.15) is 24.5 Å². The van der Waals surface area contributed by atoms with Gasteiger partial charge in [-0.2, -0.15) is 0 Å². The normalized spacial score (nSPS) is 19.9. The average molecular weight is 278 g/mol. The quantitative estimate of drug-likeness (QED) is 0.859. The van der Waals surface area contributed by atoms with Crippen LogP contribution >= 0.6 is 0 Å². The minimum absolute atomic E-state index is 0.0276. The molecule has 2 rings (SSSR count). The SMILES string of the molecule is COC(CNC(=O)N1CCCC1CO)c1ccccc1. The van der Waals surface area contributed by atoms with E-state index in [9.17, 15) is 9.90 Å². The minimum Gasteiger partial charge on any atom is -0.394 e. The van der Waals surface area contributed by atoms with Crippen molar-refractivity contribution in [3.8, 4) is 0 Å². The van der Waals surface area contributed by atoms with Crippen molar-refractivity contribution >= 4 is 6.03 Å². The molecular formula is C15H22N2O3. The summed E-state index contributed by atoms with van der Waals surface area (Å²) in [5, 5.41) is 12.1. The van der Waals surface area contributed by atoms with Crippen molar-refractivity contribution in [2.75, 3.05) is 26.8 Å². The smallest absolute Gasteiger partial charge is 0.317 e. The van der Waals surface area contributed by atoms with Crippen LogP contribution in [0.3, 0.4) is 0 Å². The van der Waals surface area contributed by atoms with Gasteiger partial charge >= 0.3 is 6.03 Å². The maximum atomic E-state index is 12.1. The van der Waals surface area contributed by atoms with Gasteiger partial charge in [-0.15, -0.1) is 0 Å². The second kappa shape index (κ2) is 7.26. The molecule has 5 nitrogen and oxygen atoms in total. The Bertz CT molecular complexity index is 424. The van der Waals surface area contributed by atoms with Gasteiger partial charge in [-0.3, -0.25) is 0 Å². The Morgan fingerprint density at radius 1 is 1.50 bits per heavy atom. The summed E-state index contributed by atoms with van der Waals surface area (Å²) in [5.74, 6) is 0. The number of aliphatic hydroxyl groups excluding tert-OH is 1. The summed E-state index contributed by atoms with van der Waals surface area (Å²) in [6.45, 7) is 1.16. The van der Waals surface area contributed by atoms with Gasteiger partial charge in [-0.1, -0.05) is 30.3 Å².